The van der Waals surface area contributed by atoms with Crippen LogP contribution >= 0.6 is 0 Å². The molecule has 0 saturated carbocycles. The van der Waals surface area contributed by atoms with Gasteiger partial charge in [-0.15, -0.1) is 0 Å². The van der Waals surface area contributed by atoms with Crippen molar-refractivity contribution in [2.24, 2.45) is 5.73 Å². The van der Waals surface area contributed by atoms with E-state index in [0.29, 0.717) is 17.9 Å². The highest BCUT2D eigenvalue weighted by Gasteiger charge is 2.09. The van der Waals surface area contributed by atoms with E-state index >= 15 is 0 Å². The summed E-state index contributed by atoms with van der Waals surface area (Å²) < 4.78 is 4.88. The Morgan fingerprint density at radius 1 is 1.44 bits per heavy atom. The van der Waals surface area contributed by atoms with Gasteiger partial charge in [-0.2, -0.15) is 0 Å². The predicted octanol–water partition coefficient (Wildman–Crippen LogP) is 1.54. The van der Waals surface area contributed by atoms with Crippen LogP contribution in [0.5, 0.6) is 0 Å². The van der Waals surface area contributed by atoms with Crippen LogP contribution in [0, 0.1) is 0 Å². The molecule has 1 atom stereocenters. The van der Waals surface area contributed by atoms with Gasteiger partial charge in [0, 0.05) is 18.2 Å². The Morgan fingerprint density at radius 3 is 2.78 bits per heavy atom. The maximum Gasteiger partial charge on any atom is 0.338 e. The fourth-order valence-electron chi connectivity index (χ4n) is 1.44. The average Bonchev–Trinajstić information content (AvgIpc) is 2.28. The smallest absolute Gasteiger partial charge is 0.338 e. The van der Waals surface area contributed by atoms with Gasteiger partial charge in [0.2, 0.25) is 5.91 Å². The maximum atomic E-state index is 11.5. The molecule has 0 aliphatic carbocycles. The van der Waals surface area contributed by atoms with Crippen molar-refractivity contribution in [1.29, 1.82) is 0 Å². The fraction of sp³-hybridized carbons (Fsp3) is 0.385. The molecule has 1 amide bonds. The summed E-state index contributed by atoms with van der Waals surface area (Å²) in [5, 5.41) is 2.68. The van der Waals surface area contributed by atoms with Gasteiger partial charge < -0.3 is 15.8 Å². The molecule has 0 radical (unpaired) electrons. The maximum absolute atomic E-state index is 11.5. The zero-order valence-electron chi connectivity index (χ0n) is 10.6. The molecule has 3 N–H and O–H groups in total. The Bertz CT molecular complexity index is 430. The van der Waals surface area contributed by atoms with Gasteiger partial charge in [-0.25, -0.2) is 4.79 Å². The van der Waals surface area contributed by atoms with Crippen LogP contribution < -0.4 is 11.1 Å². The lowest BCUT2D eigenvalue weighted by Gasteiger charge is -2.08. The highest BCUT2D eigenvalue weighted by molar-refractivity contribution is 5.94. The van der Waals surface area contributed by atoms with E-state index in [1.807, 2.05) is 0 Å². The first-order valence-electron chi connectivity index (χ1n) is 5.85. The number of ether oxygens (including phenoxy) is 1. The third-order valence-corrected chi connectivity index (χ3v) is 2.16. The summed E-state index contributed by atoms with van der Waals surface area (Å²) in [4.78, 5) is 23.0. The molecule has 0 aromatic heterocycles. The van der Waals surface area contributed by atoms with Gasteiger partial charge in [0.15, 0.2) is 0 Å². The molecule has 1 aromatic rings. The van der Waals surface area contributed by atoms with Crippen LogP contribution in [0.2, 0.25) is 0 Å². The first-order chi connectivity index (χ1) is 8.52. The molecule has 0 fully saturated rings. The monoisotopic (exact) mass is 250 g/mol. The second kappa shape index (κ2) is 6.76. The number of hydrogen-bond donors (Lipinski definition) is 2. The van der Waals surface area contributed by atoms with Gasteiger partial charge in [-0.1, -0.05) is 6.07 Å². The molecule has 5 heteroatoms. The van der Waals surface area contributed by atoms with Crippen LogP contribution in [0.1, 0.15) is 30.6 Å². The number of nitrogens with two attached hydrogens (primary N) is 1. The van der Waals surface area contributed by atoms with Crippen molar-refractivity contribution >= 4 is 17.6 Å². The van der Waals surface area contributed by atoms with Gasteiger partial charge >= 0.3 is 5.97 Å². The van der Waals surface area contributed by atoms with Crippen molar-refractivity contribution in [2.75, 3.05) is 11.9 Å². The van der Waals surface area contributed by atoms with Crippen molar-refractivity contribution in [1.82, 2.24) is 0 Å². The molecule has 0 spiro atoms. The Balaban J connectivity index is 2.70. The van der Waals surface area contributed by atoms with Crippen LogP contribution in [0.3, 0.4) is 0 Å². The lowest BCUT2D eigenvalue weighted by Crippen LogP contribution is -2.24. The minimum atomic E-state index is -0.402. The molecular weight excluding hydrogens is 232 g/mol. The molecule has 1 aromatic carbocycles. The first-order valence-corrected chi connectivity index (χ1v) is 5.85. The number of rotatable bonds is 5. The minimum Gasteiger partial charge on any atom is -0.462 e. The molecular formula is C13H18N2O3. The van der Waals surface area contributed by atoms with Crippen LogP contribution in [-0.2, 0) is 9.53 Å². The van der Waals surface area contributed by atoms with E-state index in [9.17, 15) is 9.59 Å². The van der Waals surface area contributed by atoms with E-state index in [-0.39, 0.29) is 18.4 Å². The molecule has 0 aliphatic rings. The standard InChI is InChI=1S/C13H18N2O3/c1-3-18-13(17)10-5-4-6-11(8-10)15-12(16)7-9(2)14/h4-6,8-9H,3,7,14H2,1-2H3,(H,15,16). The van der Waals surface area contributed by atoms with E-state index in [4.69, 9.17) is 10.5 Å². The highest BCUT2D eigenvalue weighted by Crippen LogP contribution is 2.12. The van der Waals surface area contributed by atoms with Crippen molar-refractivity contribution < 1.29 is 14.3 Å². The highest BCUT2D eigenvalue weighted by atomic mass is 16.5. The van der Waals surface area contributed by atoms with Gasteiger partial charge in [-0.3, -0.25) is 4.79 Å². The number of esters is 1. The number of anilines is 1. The van der Waals surface area contributed by atoms with Crippen molar-refractivity contribution in [3.63, 3.8) is 0 Å². The van der Waals surface area contributed by atoms with Gasteiger partial charge in [0.1, 0.15) is 0 Å². The zero-order valence-corrected chi connectivity index (χ0v) is 10.6. The minimum absolute atomic E-state index is 0.175. The van der Waals surface area contributed by atoms with Gasteiger partial charge in [-0.05, 0) is 32.0 Å². The van der Waals surface area contributed by atoms with E-state index < -0.39 is 5.97 Å². The number of benzene rings is 1. The molecule has 0 aliphatic heterocycles. The molecule has 18 heavy (non-hydrogen) atoms. The van der Waals surface area contributed by atoms with E-state index in [1.54, 1.807) is 38.1 Å². The number of nitrogens with one attached hydrogen (secondary N) is 1. The number of amides is 1. The molecule has 0 heterocycles. The first kappa shape index (κ1) is 14.2. The Kier molecular flexibility index (Phi) is 5.32. The summed E-state index contributed by atoms with van der Waals surface area (Å²) in [5.74, 6) is -0.577. The zero-order chi connectivity index (χ0) is 13.5. The van der Waals surface area contributed by atoms with Gasteiger partial charge in [0.25, 0.3) is 0 Å². The van der Waals surface area contributed by atoms with Crippen LogP contribution in [-0.4, -0.2) is 24.5 Å². The molecule has 5 nitrogen and oxygen atoms in total. The third kappa shape index (κ3) is 4.55. The SMILES string of the molecule is CCOC(=O)c1cccc(NC(=O)CC(C)N)c1. The van der Waals surface area contributed by atoms with Gasteiger partial charge in [0.05, 0.1) is 12.2 Å². The Morgan fingerprint density at radius 2 is 2.17 bits per heavy atom. The quantitative estimate of drug-likeness (QED) is 0.777. The normalized spacial score (nSPS) is 11.7. The van der Waals surface area contributed by atoms with Crippen molar-refractivity contribution in [2.45, 2.75) is 26.3 Å². The fourth-order valence-corrected chi connectivity index (χ4v) is 1.44. The Labute approximate surface area is 106 Å². The molecule has 98 valence electrons. The predicted molar refractivity (Wildman–Crippen MR) is 69.3 cm³/mol. The molecule has 0 saturated heterocycles. The second-order valence-electron chi connectivity index (χ2n) is 4.03. The van der Waals surface area contributed by atoms with E-state index in [2.05, 4.69) is 5.32 Å². The molecule has 0 bridgehead atoms. The number of hydrogen-bond acceptors (Lipinski definition) is 4. The summed E-state index contributed by atoms with van der Waals surface area (Å²) in [6.45, 7) is 3.82. The topological polar surface area (TPSA) is 81.4 Å². The summed E-state index contributed by atoms with van der Waals surface area (Å²) in [6, 6.07) is 6.42. The van der Waals surface area contributed by atoms with E-state index in [0.717, 1.165) is 0 Å². The van der Waals surface area contributed by atoms with Crippen LogP contribution in [0.4, 0.5) is 5.69 Å². The lowest BCUT2D eigenvalue weighted by atomic mass is 10.2. The Hall–Kier alpha value is -1.88. The summed E-state index contributed by atoms with van der Waals surface area (Å²) in [5.41, 5.74) is 6.50. The summed E-state index contributed by atoms with van der Waals surface area (Å²) >= 11 is 0. The third-order valence-electron chi connectivity index (χ3n) is 2.16. The molecule has 1 unspecified atom stereocenters. The van der Waals surface area contributed by atoms with Crippen molar-refractivity contribution in [3.8, 4) is 0 Å². The lowest BCUT2D eigenvalue weighted by molar-refractivity contribution is -0.116. The van der Waals surface area contributed by atoms with Crippen LogP contribution in [0.25, 0.3) is 0 Å². The van der Waals surface area contributed by atoms with E-state index in [1.165, 1.54) is 0 Å². The van der Waals surface area contributed by atoms with Crippen molar-refractivity contribution in [3.05, 3.63) is 29.8 Å². The second-order valence-corrected chi connectivity index (χ2v) is 4.03. The largest absolute Gasteiger partial charge is 0.462 e. The molecule has 1 rings (SSSR count). The summed E-state index contributed by atoms with van der Waals surface area (Å²) in [7, 11) is 0. The number of carbonyl (C=O) groups is 2. The van der Waals surface area contributed by atoms with Crippen LogP contribution in [0.15, 0.2) is 24.3 Å². The number of carbonyl (C=O) groups excluding carboxylic acids is 2. The summed E-state index contributed by atoms with van der Waals surface area (Å²) in [6.07, 6.45) is 0.240. The average molecular weight is 250 g/mol.